The van der Waals surface area contributed by atoms with Crippen LogP contribution in [-0.4, -0.2) is 47.2 Å². The van der Waals surface area contributed by atoms with Crippen molar-refractivity contribution in [3.05, 3.63) is 39.3 Å². The molecule has 1 amide bonds. The summed E-state index contributed by atoms with van der Waals surface area (Å²) in [4.78, 5) is 19.2. The van der Waals surface area contributed by atoms with Crippen LogP contribution in [-0.2, 0) is 16.1 Å². The van der Waals surface area contributed by atoms with Gasteiger partial charge < -0.3 is 9.47 Å². The van der Waals surface area contributed by atoms with E-state index >= 15 is 0 Å². The Morgan fingerprint density at radius 3 is 2.79 bits per heavy atom. The first-order valence-corrected chi connectivity index (χ1v) is 10.7. The standard InChI is InChI=1S/C19H23Cl2N3O3S/c1-11-7-24(8-12(2)26-11)9-15-10-28-19(22-15)23-18(25)13(3)27-17-5-4-14(20)6-16(17)21/h4-6,10-13H,7-9H2,1-3H3,(H,22,23,25)/t11-,12+,13-/m1/s1. The molecule has 6 nitrogen and oxygen atoms in total. The molecule has 9 heteroatoms. The zero-order chi connectivity index (χ0) is 20.3. The molecule has 0 bridgehead atoms. The number of aromatic nitrogens is 1. The molecule has 3 rings (SSSR count). The third-order valence-electron chi connectivity index (χ3n) is 4.23. The predicted octanol–water partition coefficient (Wildman–Crippen LogP) is 4.47. The lowest BCUT2D eigenvalue weighted by Gasteiger charge is -2.34. The maximum Gasteiger partial charge on any atom is 0.266 e. The molecule has 1 fully saturated rings. The lowest BCUT2D eigenvalue weighted by Crippen LogP contribution is -2.44. The quantitative estimate of drug-likeness (QED) is 0.713. The highest BCUT2D eigenvalue weighted by molar-refractivity contribution is 7.13. The molecule has 2 aromatic rings. The molecule has 1 saturated heterocycles. The molecule has 2 heterocycles. The second kappa shape index (κ2) is 9.41. The van der Waals surface area contributed by atoms with Crippen LogP contribution in [0.25, 0.3) is 0 Å². The zero-order valence-electron chi connectivity index (χ0n) is 15.9. The number of hydrogen-bond donors (Lipinski definition) is 1. The van der Waals surface area contributed by atoms with Crippen molar-refractivity contribution in [1.82, 2.24) is 9.88 Å². The minimum Gasteiger partial charge on any atom is -0.479 e. The van der Waals surface area contributed by atoms with E-state index in [0.29, 0.717) is 20.9 Å². The molecule has 0 saturated carbocycles. The second-order valence-electron chi connectivity index (χ2n) is 6.92. The molecular formula is C19H23Cl2N3O3S. The van der Waals surface area contributed by atoms with E-state index in [0.717, 1.165) is 25.3 Å². The molecule has 0 radical (unpaired) electrons. The van der Waals surface area contributed by atoms with Gasteiger partial charge in [0.25, 0.3) is 5.91 Å². The summed E-state index contributed by atoms with van der Waals surface area (Å²) in [7, 11) is 0. The number of morpholine rings is 1. The molecule has 1 aromatic carbocycles. The number of halogens is 2. The third kappa shape index (κ3) is 5.81. The molecule has 152 valence electrons. The number of benzene rings is 1. The highest BCUT2D eigenvalue weighted by Gasteiger charge is 2.23. The summed E-state index contributed by atoms with van der Waals surface area (Å²) in [5, 5.41) is 6.17. The molecule has 0 aliphatic carbocycles. The first kappa shape index (κ1) is 21.3. The number of nitrogens with one attached hydrogen (secondary N) is 1. The Hall–Kier alpha value is -1.38. The van der Waals surface area contributed by atoms with Crippen LogP contribution in [0.15, 0.2) is 23.6 Å². The minimum absolute atomic E-state index is 0.208. The van der Waals surface area contributed by atoms with Gasteiger partial charge in [0.2, 0.25) is 0 Å². The van der Waals surface area contributed by atoms with Crippen molar-refractivity contribution in [1.29, 1.82) is 0 Å². The van der Waals surface area contributed by atoms with Crippen molar-refractivity contribution in [2.75, 3.05) is 18.4 Å². The molecule has 1 aromatic heterocycles. The highest BCUT2D eigenvalue weighted by atomic mass is 35.5. The van der Waals surface area contributed by atoms with Crippen LogP contribution in [0.2, 0.25) is 10.0 Å². The second-order valence-corrected chi connectivity index (χ2v) is 8.62. The summed E-state index contributed by atoms with van der Waals surface area (Å²) in [6, 6.07) is 4.87. The minimum atomic E-state index is -0.730. The van der Waals surface area contributed by atoms with E-state index < -0.39 is 6.10 Å². The summed E-state index contributed by atoms with van der Waals surface area (Å²) in [5.74, 6) is 0.115. The Morgan fingerprint density at radius 2 is 2.11 bits per heavy atom. The number of thiazole rings is 1. The van der Waals surface area contributed by atoms with E-state index in [1.807, 2.05) is 5.38 Å². The van der Waals surface area contributed by atoms with Crippen molar-refractivity contribution in [2.45, 2.75) is 45.6 Å². The first-order valence-electron chi connectivity index (χ1n) is 9.05. The molecule has 1 aliphatic heterocycles. The van der Waals surface area contributed by atoms with Gasteiger partial charge in [0, 0.05) is 30.0 Å². The molecule has 1 N–H and O–H groups in total. The summed E-state index contributed by atoms with van der Waals surface area (Å²) in [5.41, 5.74) is 0.927. The van der Waals surface area contributed by atoms with Crippen molar-refractivity contribution < 1.29 is 14.3 Å². The fourth-order valence-electron chi connectivity index (χ4n) is 3.10. The van der Waals surface area contributed by atoms with Crippen molar-refractivity contribution in [2.24, 2.45) is 0 Å². The molecule has 3 atom stereocenters. The highest BCUT2D eigenvalue weighted by Crippen LogP contribution is 2.28. The third-order valence-corrected chi connectivity index (χ3v) is 5.57. The van der Waals surface area contributed by atoms with Gasteiger partial charge in [-0.05, 0) is 39.0 Å². The Kier molecular flexibility index (Phi) is 7.17. The molecule has 28 heavy (non-hydrogen) atoms. The first-order chi connectivity index (χ1) is 13.3. The molecule has 0 spiro atoms. The fraction of sp³-hybridized carbons (Fsp3) is 0.474. The van der Waals surface area contributed by atoms with Crippen LogP contribution in [0.3, 0.4) is 0 Å². The van der Waals surface area contributed by atoms with Gasteiger partial charge in [0.05, 0.1) is 22.9 Å². The normalized spacial score (nSPS) is 21.3. The van der Waals surface area contributed by atoms with Crippen molar-refractivity contribution >= 4 is 45.6 Å². The maximum atomic E-state index is 12.4. The number of nitrogens with zero attached hydrogens (tertiary/aromatic N) is 2. The lowest BCUT2D eigenvalue weighted by atomic mass is 10.2. The van der Waals surface area contributed by atoms with Crippen LogP contribution < -0.4 is 10.1 Å². The Morgan fingerprint density at radius 1 is 1.39 bits per heavy atom. The Balaban J connectivity index is 1.54. The maximum absolute atomic E-state index is 12.4. The summed E-state index contributed by atoms with van der Waals surface area (Å²) in [6.45, 7) is 8.28. The predicted molar refractivity (Wildman–Crippen MR) is 113 cm³/mol. The van der Waals surface area contributed by atoms with Crippen molar-refractivity contribution in [3.63, 3.8) is 0 Å². The SMILES string of the molecule is C[C@@H]1CN(Cc2csc(NC(=O)[C@@H](C)Oc3ccc(Cl)cc3Cl)n2)C[C@H](C)O1. The van der Waals surface area contributed by atoms with Gasteiger partial charge >= 0.3 is 0 Å². The number of carbonyl (C=O) groups excluding carboxylic acids is 1. The number of ether oxygens (including phenoxy) is 2. The molecule has 1 aliphatic rings. The van der Waals surface area contributed by atoms with Gasteiger partial charge in [-0.1, -0.05) is 23.2 Å². The summed E-state index contributed by atoms with van der Waals surface area (Å²) < 4.78 is 11.4. The molecule has 0 unspecified atom stereocenters. The van der Waals surface area contributed by atoms with Gasteiger partial charge in [0.1, 0.15) is 5.75 Å². The lowest BCUT2D eigenvalue weighted by molar-refractivity contribution is -0.122. The Bertz CT molecular complexity index is 823. The van der Waals surface area contributed by atoms with Crippen LogP contribution in [0.4, 0.5) is 5.13 Å². The monoisotopic (exact) mass is 443 g/mol. The van der Waals surface area contributed by atoms with Gasteiger partial charge in [-0.15, -0.1) is 11.3 Å². The van der Waals surface area contributed by atoms with Crippen LogP contribution in [0.1, 0.15) is 26.5 Å². The van der Waals surface area contributed by atoms with E-state index in [1.165, 1.54) is 11.3 Å². The summed E-state index contributed by atoms with van der Waals surface area (Å²) in [6.07, 6.45) is -0.314. The van der Waals surface area contributed by atoms with Gasteiger partial charge in [-0.25, -0.2) is 4.98 Å². The average molecular weight is 444 g/mol. The number of hydrogen-bond acceptors (Lipinski definition) is 6. The Labute approximate surface area is 178 Å². The van der Waals surface area contributed by atoms with E-state index in [2.05, 4.69) is 29.0 Å². The van der Waals surface area contributed by atoms with E-state index in [4.69, 9.17) is 32.7 Å². The van der Waals surface area contributed by atoms with Crippen LogP contribution in [0, 0.1) is 0 Å². The average Bonchev–Trinajstić information content (AvgIpc) is 3.03. The number of amides is 1. The topological polar surface area (TPSA) is 63.7 Å². The van der Waals surface area contributed by atoms with Crippen molar-refractivity contribution in [3.8, 4) is 5.75 Å². The number of carbonyl (C=O) groups is 1. The largest absolute Gasteiger partial charge is 0.479 e. The summed E-state index contributed by atoms with van der Waals surface area (Å²) >= 11 is 13.4. The van der Waals surface area contributed by atoms with E-state index in [9.17, 15) is 4.79 Å². The van der Waals surface area contributed by atoms with Gasteiger partial charge in [-0.3, -0.25) is 15.0 Å². The van der Waals surface area contributed by atoms with Crippen LogP contribution >= 0.6 is 34.5 Å². The zero-order valence-corrected chi connectivity index (χ0v) is 18.3. The van der Waals surface area contributed by atoms with Gasteiger partial charge in [-0.2, -0.15) is 0 Å². The van der Waals surface area contributed by atoms with E-state index in [-0.39, 0.29) is 18.1 Å². The van der Waals surface area contributed by atoms with Gasteiger partial charge in [0.15, 0.2) is 11.2 Å². The van der Waals surface area contributed by atoms with E-state index in [1.54, 1.807) is 25.1 Å². The van der Waals surface area contributed by atoms with Crippen LogP contribution in [0.5, 0.6) is 5.75 Å². The molecular weight excluding hydrogens is 421 g/mol. The number of anilines is 1. The number of rotatable bonds is 6. The fourth-order valence-corrected chi connectivity index (χ4v) is 4.26. The smallest absolute Gasteiger partial charge is 0.266 e.